The van der Waals surface area contributed by atoms with Crippen LogP contribution in [-0.4, -0.2) is 23.5 Å². The second-order valence-electron chi connectivity index (χ2n) is 2.83. The Balaban J connectivity index is 2.45. The van der Waals surface area contributed by atoms with Crippen molar-refractivity contribution in [1.29, 1.82) is 0 Å². The van der Waals surface area contributed by atoms with Gasteiger partial charge in [0.05, 0.1) is 4.91 Å². The molecule has 0 aromatic heterocycles. The van der Waals surface area contributed by atoms with Crippen molar-refractivity contribution in [3.63, 3.8) is 0 Å². The summed E-state index contributed by atoms with van der Waals surface area (Å²) in [6.45, 7) is 3.94. The van der Waals surface area contributed by atoms with Crippen LogP contribution < -0.4 is 5.32 Å². The van der Waals surface area contributed by atoms with Crippen LogP contribution in [0.5, 0.6) is 0 Å². The fourth-order valence-corrected chi connectivity index (χ4v) is 2.80. The maximum Gasteiger partial charge on any atom is 0.258 e. The zero-order valence-electron chi connectivity index (χ0n) is 7.29. The lowest BCUT2D eigenvalue weighted by Gasteiger charge is -2.13. The van der Waals surface area contributed by atoms with Gasteiger partial charge >= 0.3 is 0 Å². The lowest BCUT2D eigenvalue weighted by molar-refractivity contribution is -0.117. The van der Waals surface area contributed by atoms with E-state index in [1.807, 2.05) is 19.3 Å². The second-order valence-corrected chi connectivity index (χ2v) is 4.94. The first-order valence-electron chi connectivity index (χ1n) is 3.95. The van der Waals surface area contributed by atoms with Gasteiger partial charge in [-0.25, -0.2) is 0 Å². The Morgan fingerprint density at radius 1 is 1.58 bits per heavy atom. The fourth-order valence-electron chi connectivity index (χ4n) is 0.821. The van der Waals surface area contributed by atoms with Gasteiger partial charge in [-0.15, -0.1) is 23.5 Å². The molecule has 1 amide bonds. The van der Waals surface area contributed by atoms with Crippen LogP contribution in [0.1, 0.15) is 13.8 Å². The summed E-state index contributed by atoms with van der Waals surface area (Å²) in [7, 11) is 0. The van der Waals surface area contributed by atoms with Crippen molar-refractivity contribution in [2.75, 3.05) is 11.5 Å². The maximum atomic E-state index is 11.4. The Labute approximate surface area is 81.6 Å². The smallest absolute Gasteiger partial charge is 0.258 e. The van der Waals surface area contributed by atoms with E-state index in [0.29, 0.717) is 0 Å². The molecule has 68 valence electrons. The summed E-state index contributed by atoms with van der Waals surface area (Å²) in [5.74, 6) is 2.23. The largest absolute Gasteiger partial charge is 0.349 e. The molecule has 1 rings (SSSR count). The lowest BCUT2D eigenvalue weighted by atomic mass is 10.4. The molecule has 0 aliphatic carbocycles. The Morgan fingerprint density at radius 3 is 2.83 bits per heavy atom. The Hall–Kier alpha value is -0.0900. The van der Waals surface area contributed by atoms with E-state index in [4.69, 9.17) is 0 Å². The summed E-state index contributed by atoms with van der Waals surface area (Å²) in [6, 6.07) is 0.228. The molecule has 1 aliphatic heterocycles. The van der Waals surface area contributed by atoms with E-state index in [1.165, 1.54) is 0 Å². The van der Waals surface area contributed by atoms with E-state index < -0.39 is 0 Å². The minimum Gasteiger partial charge on any atom is -0.349 e. The Bertz CT molecular complexity index is 201. The normalized spacial score (nSPS) is 17.4. The molecule has 0 atom stereocenters. The highest BCUT2D eigenvalue weighted by Crippen LogP contribution is 2.26. The highest BCUT2D eigenvalue weighted by Gasteiger charge is 2.13. The monoisotopic (exact) mass is 203 g/mol. The molecule has 2 nitrogen and oxygen atoms in total. The molecule has 0 aromatic carbocycles. The summed E-state index contributed by atoms with van der Waals surface area (Å²) >= 11 is 3.36. The molecule has 1 heterocycles. The predicted octanol–water partition coefficient (Wildman–Crippen LogP) is 1.83. The number of nitrogens with one attached hydrogen (secondary N) is 1. The van der Waals surface area contributed by atoms with Gasteiger partial charge in [-0.05, 0) is 19.3 Å². The van der Waals surface area contributed by atoms with Crippen LogP contribution >= 0.6 is 23.5 Å². The maximum absolute atomic E-state index is 11.4. The van der Waals surface area contributed by atoms with Crippen LogP contribution in [0, 0.1) is 0 Å². The van der Waals surface area contributed by atoms with Gasteiger partial charge in [0.15, 0.2) is 0 Å². The molecule has 0 bridgehead atoms. The average Bonchev–Trinajstić information content (AvgIpc) is 2.05. The molecule has 0 aromatic rings. The first-order chi connectivity index (χ1) is 5.70. The van der Waals surface area contributed by atoms with E-state index in [1.54, 1.807) is 23.5 Å². The summed E-state index contributed by atoms with van der Waals surface area (Å²) in [5, 5.41) is 4.82. The van der Waals surface area contributed by atoms with Crippen LogP contribution in [0.4, 0.5) is 0 Å². The molecule has 0 unspecified atom stereocenters. The third-order valence-corrected chi connectivity index (χ3v) is 3.56. The highest BCUT2D eigenvalue weighted by molar-refractivity contribution is 8.10. The molecule has 0 saturated heterocycles. The van der Waals surface area contributed by atoms with E-state index in [-0.39, 0.29) is 11.9 Å². The summed E-state index contributed by atoms with van der Waals surface area (Å²) in [4.78, 5) is 12.3. The Kier molecular flexibility index (Phi) is 4.01. The number of rotatable bonds is 2. The van der Waals surface area contributed by atoms with Crippen LogP contribution in [0.15, 0.2) is 10.3 Å². The van der Waals surface area contributed by atoms with Crippen molar-refractivity contribution in [3.8, 4) is 0 Å². The number of amides is 1. The van der Waals surface area contributed by atoms with Gasteiger partial charge in [0.2, 0.25) is 0 Å². The minimum atomic E-state index is 0.0715. The number of hydrogen-bond donors (Lipinski definition) is 1. The van der Waals surface area contributed by atoms with Gasteiger partial charge < -0.3 is 5.32 Å². The van der Waals surface area contributed by atoms with E-state index in [2.05, 4.69) is 5.32 Å². The van der Waals surface area contributed by atoms with Gasteiger partial charge in [-0.1, -0.05) is 0 Å². The minimum absolute atomic E-state index is 0.0715. The molecule has 0 spiro atoms. The van der Waals surface area contributed by atoms with E-state index in [9.17, 15) is 4.79 Å². The average molecular weight is 203 g/mol. The molecular formula is C8H13NOS2. The molecule has 0 fully saturated rings. The zero-order valence-corrected chi connectivity index (χ0v) is 8.93. The van der Waals surface area contributed by atoms with Crippen molar-refractivity contribution in [3.05, 3.63) is 10.3 Å². The van der Waals surface area contributed by atoms with Crippen LogP contribution in [-0.2, 0) is 4.79 Å². The molecular weight excluding hydrogens is 190 g/mol. The standard InChI is InChI=1S/C8H13NOS2/c1-6(2)9-8(10)7-5-11-3-4-12-7/h5-6H,3-4H2,1-2H3,(H,9,10). The quantitative estimate of drug-likeness (QED) is 0.742. The van der Waals surface area contributed by atoms with Crippen molar-refractivity contribution in [2.45, 2.75) is 19.9 Å². The van der Waals surface area contributed by atoms with Crippen molar-refractivity contribution >= 4 is 29.4 Å². The molecule has 12 heavy (non-hydrogen) atoms. The SMILES string of the molecule is CC(C)NC(=O)C1=CSCCS1. The number of carbonyl (C=O) groups is 1. The second kappa shape index (κ2) is 4.82. The number of hydrogen-bond acceptors (Lipinski definition) is 3. The van der Waals surface area contributed by atoms with Crippen LogP contribution in [0.3, 0.4) is 0 Å². The number of carbonyl (C=O) groups excluding carboxylic acids is 1. The first-order valence-corrected chi connectivity index (χ1v) is 5.99. The third kappa shape index (κ3) is 3.11. The van der Waals surface area contributed by atoms with Crippen molar-refractivity contribution in [1.82, 2.24) is 5.32 Å². The predicted molar refractivity (Wildman–Crippen MR) is 56.3 cm³/mol. The van der Waals surface area contributed by atoms with Crippen molar-refractivity contribution < 1.29 is 4.79 Å². The zero-order chi connectivity index (χ0) is 8.97. The van der Waals surface area contributed by atoms with Gasteiger partial charge in [0.25, 0.3) is 5.91 Å². The number of thioether (sulfide) groups is 2. The van der Waals surface area contributed by atoms with Crippen molar-refractivity contribution in [2.24, 2.45) is 0 Å². The molecule has 0 saturated carbocycles. The molecule has 1 aliphatic rings. The van der Waals surface area contributed by atoms with Gasteiger partial charge in [0, 0.05) is 17.5 Å². The van der Waals surface area contributed by atoms with Gasteiger partial charge in [0.1, 0.15) is 0 Å². The summed E-state index contributed by atoms with van der Waals surface area (Å²) in [6.07, 6.45) is 0. The Morgan fingerprint density at radius 2 is 2.33 bits per heavy atom. The summed E-state index contributed by atoms with van der Waals surface area (Å²) in [5.41, 5.74) is 0. The molecule has 1 N–H and O–H groups in total. The van der Waals surface area contributed by atoms with Crippen LogP contribution in [0.25, 0.3) is 0 Å². The third-order valence-electron chi connectivity index (χ3n) is 1.29. The van der Waals surface area contributed by atoms with Crippen LogP contribution in [0.2, 0.25) is 0 Å². The van der Waals surface area contributed by atoms with E-state index in [0.717, 1.165) is 16.4 Å². The van der Waals surface area contributed by atoms with Gasteiger partial charge in [-0.3, -0.25) is 4.79 Å². The first kappa shape index (κ1) is 9.99. The lowest BCUT2D eigenvalue weighted by Crippen LogP contribution is -2.31. The topological polar surface area (TPSA) is 29.1 Å². The fraction of sp³-hybridized carbons (Fsp3) is 0.625. The van der Waals surface area contributed by atoms with Gasteiger partial charge in [-0.2, -0.15) is 0 Å². The summed E-state index contributed by atoms with van der Waals surface area (Å²) < 4.78 is 0. The molecule has 4 heteroatoms. The highest BCUT2D eigenvalue weighted by atomic mass is 32.2. The van der Waals surface area contributed by atoms with E-state index >= 15 is 0 Å². The molecule has 0 radical (unpaired) electrons.